The molecule has 4 aliphatic rings. The lowest BCUT2D eigenvalue weighted by molar-refractivity contribution is 0.195. The van der Waals surface area contributed by atoms with Gasteiger partial charge in [0.2, 0.25) is 0 Å². The minimum atomic E-state index is -0.0370. The van der Waals surface area contributed by atoms with Crippen molar-refractivity contribution in [2.45, 2.75) is 110 Å². The minimum Gasteiger partial charge on any atom is -0.456 e. The summed E-state index contributed by atoms with van der Waals surface area (Å²) in [7, 11) is 0. The van der Waals surface area contributed by atoms with Crippen LogP contribution in [0.2, 0.25) is 0 Å². The summed E-state index contributed by atoms with van der Waals surface area (Å²) in [5.74, 6) is 0. The summed E-state index contributed by atoms with van der Waals surface area (Å²) in [4.78, 5) is 5.47. The number of rotatable bonds is 2. The molecular formula is C53H53BN2O. The molecule has 6 aromatic carbocycles. The highest BCUT2D eigenvalue weighted by molar-refractivity contribution is 7.00. The summed E-state index contributed by atoms with van der Waals surface area (Å²) in [5, 5.41) is 2.36. The van der Waals surface area contributed by atoms with Crippen molar-refractivity contribution in [3.63, 3.8) is 0 Å². The molecule has 2 unspecified atom stereocenters. The summed E-state index contributed by atoms with van der Waals surface area (Å²) >= 11 is 0. The molecule has 0 radical (unpaired) electrons. The molecule has 0 amide bonds. The van der Waals surface area contributed by atoms with Gasteiger partial charge in [-0.1, -0.05) is 134 Å². The zero-order chi connectivity index (χ0) is 39.4. The van der Waals surface area contributed by atoms with E-state index in [4.69, 9.17) is 4.42 Å². The Morgan fingerprint density at radius 2 is 1.33 bits per heavy atom. The number of benzene rings is 6. The lowest BCUT2D eigenvalue weighted by atomic mass is 9.33. The monoisotopic (exact) mass is 744 g/mol. The van der Waals surface area contributed by atoms with Crippen molar-refractivity contribution in [3.8, 4) is 11.1 Å². The highest BCUT2D eigenvalue weighted by Crippen LogP contribution is 2.62. The third-order valence-corrected chi connectivity index (χ3v) is 14.7. The van der Waals surface area contributed by atoms with Gasteiger partial charge in [0.05, 0.1) is 11.2 Å². The number of para-hydroxylation sites is 1. The zero-order valence-electron chi connectivity index (χ0n) is 35.1. The second-order valence-electron chi connectivity index (χ2n) is 20.2. The van der Waals surface area contributed by atoms with Crippen LogP contribution in [-0.2, 0) is 16.2 Å². The van der Waals surface area contributed by atoms with E-state index in [1.807, 2.05) is 0 Å². The Labute approximate surface area is 338 Å². The summed E-state index contributed by atoms with van der Waals surface area (Å²) in [6.45, 7) is 21.7. The van der Waals surface area contributed by atoms with E-state index in [9.17, 15) is 0 Å². The van der Waals surface area contributed by atoms with Gasteiger partial charge in [0.1, 0.15) is 11.2 Å². The largest absolute Gasteiger partial charge is 0.456 e. The highest BCUT2D eigenvalue weighted by Gasteiger charge is 2.61. The van der Waals surface area contributed by atoms with Gasteiger partial charge in [0, 0.05) is 50.6 Å². The van der Waals surface area contributed by atoms with Crippen LogP contribution < -0.4 is 26.2 Å². The predicted octanol–water partition coefficient (Wildman–Crippen LogP) is 12.5. The number of fused-ring (bicyclic) bond motifs is 10. The molecule has 1 aliphatic carbocycles. The third-order valence-electron chi connectivity index (χ3n) is 14.7. The summed E-state index contributed by atoms with van der Waals surface area (Å²) in [6.07, 6.45) is 4.93. The van der Waals surface area contributed by atoms with Crippen LogP contribution in [0.3, 0.4) is 0 Å². The molecule has 0 N–H and O–H groups in total. The second kappa shape index (κ2) is 11.5. The van der Waals surface area contributed by atoms with E-state index in [0.29, 0.717) is 0 Å². The highest BCUT2D eigenvalue weighted by atomic mass is 16.3. The molecule has 4 heterocycles. The Bertz CT molecular complexity index is 2840. The number of aryl methyl sites for hydroxylation is 1. The molecule has 0 saturated heterocycles. The molecule has 57 heavy (non-hydrogen) atoms. The van der Waals surface area contributed by atoms with Crippen LogP contribution in [0.25, 0.3) is 33.1 Å². The van der Waals surface area contributed by atoms with E-state index in [0.717, 1.165) is 11.2 Å². The number of anilines is 5. The van der Waals surface area contributed by atoms with Crippen LogP contribution in [0.5, 0.6) is 0 Å². The first-order valence-electron chi connectivity index (χ1n) is 21.3. The summed E-state index contributed by atoms with van der Waals surface area (Å²) in [5.41, 5.74) is 20.7. The first-order valence-corrected chi connectivity index (χ1v) is 21.3. The predicted molar refractivity (Wildman–Crippen MR) is 243 cm³/mol. The van der Waals surface area contributed by atoms with Crippen molar-refractivity contribution >= 4 is 73.5 Å². The Balaban J connectivity index is 1.30. The molecule has 1 fully saturated rings. The third kappa shape index (κ3) is 4.68. The first-order chi connectivity index (χ1) is 27.2. The van der Waals surface area contributed by atoms with Crippen LogP contribution in [0, 0.1) is 6.92 Å². The van der Waals surface area contributed by atoms with Gasteiger partial charge in [-0.3, -0.25) is 0 Å². The van der Waals surface area contributed by atoms with E-state index < -0.39 is 0 Å². The van der Waals surface area contributed by atoms with Crippen LogP contribution in [0.4, 0.5) is 28.4 Å². The van der Waals surface area contributed by atoms with E-state index in [2.05, 4.69) is 181 Å². The quantitative estimate of drug-likeness (QED) is 0.164. The summed E-state index contributed by atoms with van der Waals surface area (Å²) < 4.78 is 6.73. The molecule has 11 rings (SSSR count). The standard InChI is InChI=1S/C53H53BN2O/c1-32-25-44-48-45(26-32)56-49-39(52(8)23-15-16-24-53(52,56)9)28-35(51(5,6)7)29-41(49)54(48)40-30-38-36-19-13-14-20-46(36)57-47(38)31-43(40)55(44)42-22-21-34(50(2,3)4)27-37(42)33-17-11-10-12-18-33/h10-14,17-22,25-31H,15-16,23-24H2,1-9H3. The van der Waals surface area contributed by atoms with Crippen molar-refractivity contribution < 1.29 is 4.42 Å². The fraction of sp³-hybridized carbons (Fsp3) is 0.321. The van der Waals surface area contributed by atoms with Gasteiger partial charge in [0.15, 0.2) is 0 Å². The molecule has 2 atom stereocenters. The molecule has 0 bridgehead atoms. The molecule has 7 aromatic rings. The Morgan fingerprint density at radius 1 is 0.614 bits per heavy atom. The first kappa shape index (κ1) is 35.0. The molecule has 3 aliphatic heterocycles. The van der Waals surface area contributed by atoms with Crippen molar-refractivity contribution in [1.82, 2.24) is 0 Å². The average Bonchev–Trinajstić information content (AvgIpc) is 3.64. The van der Waals surface area contributed by atoms with Gasteiger partial charge in [-0.15, -0.1) is 0 Å². The summed E-state index contributed by atoms with van der Waals surface area (Å²) in [6, 6.07) is 41.9. The van der Waals surface area contributed by atoms with E-state index in [1.54, 1.807) is 5.56 Å². The molecule has 284 valence electrons. The molecule has 1 saturated carbocycles. The van der Waals surface area contributed by atoms with E-state index >= 15 is 0 Å². The fourth-order valence-electron chi connectivity index (χ4n) is 11.4. The number of hydrogen-bond donors (Lipinski definition) is 0. The van der Waals surface area contributed by atoms with Gasteiger partial charge in [-0.25, -0.2) is 0 Å². The number of furan rings is 1. The maximum atomic E-state index is 6.73. The number of nitrogens with zero attached hydrogens (tertiary/aromatic N) is 2. The minimum absolute atomic E-state index is 0.0000752. The Hall–Kier alpha value is -5.22. The van der Waals surface area contributed by atoms with Gasteiger partial charge in [0.25, 0.3) is 6.71 Å². The Morgan fingerprint density at radius 3 is 2.11 bits per heavy atom. The van der Waals surface area contributed by atoms with E-state index in [1.165, 1.54) is 109 Å². The topological polar surface area (TPSA) is 19.6 Å². The molecule has 0 spiro atoms. The molecular weight excluding hydrogens is 691 g/mol. The smallest absolute Gasteiger partial charge is 0.252 e. The molecule has 4 heteroatoms. The van der Waals surface area contributed by atoms with Gasteiger partial charge >= 0.3 is 0 Å². The molecule has 3 nitrogen and oxygen atoms in total. The van der Waals surface area contributed by atoms with Crippen LogP contribution in [0.1, 0.15) is 103 Å². The lowest BCUT2D eigenvalue weighted by Gasteiger charge is -2.53. The van der Waals surface area contributed by atoms with Crippen molar-refractivity contribution in [3.05, 3.63) is 131 Å². The second-order valence-corrected chi connectivity index (χ2v) is 20.2. The SMILES string of the molecule is Cc1cc2c3c(c1)N1c4c(cc(C(C)(C)C)cc4C4(C)CCCCC14C)B3c1cc3c(cc1N2c1ccc(C(C)(C)C)cc1-c1ccccc1)oc1ccccc13. The van der Waals surface area contributed by atoms with Crippen LogP contribution in [0.15, 0.2) is 114 Å². The van der Waals surface area contributed by atoms with Gasteiger partial charge in [-0.05, 0) is 112 Å². The molecule has 1 aromatic heterocycles. The average molecular weight is 745 g/mol. The van der Waals surface area contributed by atoms with Crippen molar-refractivity contribution in [2.75, 3.05) is 9.80 Å². The van der Waals surface area contributed by atoms with Crippen molar-refractivity contribution in [1.29, 1.82) is 0 Å². The number of hydrogen-bond acceptors (Lipinski definition) is 3. The van der Waals surface area contributed by atoms with E-state index in [-0.39, 0.29) is 28.5 Å². The zero-order valence-corrected chi connectivity index (χ0v) is 35.1. The maximum absolute atomic E-state index is 6.73. The normalized spacial score (nSPS) is 20.8. The van der Waals surface area contributed by atoms with Crippen LogP contribution in [-0.4, -0.2) is 12.3 Å². The van der Waals surface area contributed by atoms with Crippen molar-refractivity contribution in [2.24, 2.45) is 0 Å². The maximum Gasteiger partial charge on any atom is 0.252 e. The Kier molecular flexibility index (Phi) is 7.04. The van der Waals surface area contributed by atoms with Gasteiger partial charge in [-0.2, -0.15) is 0 Å². The lowest BCUT2D eigenvalue weighted by Crippen LogP contribution is -2.64. The van der Waals surface area contributed by atoms with Crippen LogP contribution >= 0.6 is 0 Å². The van der Waals surface area contributed by atoms with Gasteiger partial charge < -0.3 is 14.2 Å². The fourth-order valence-corrected chi connectivity index (χ4v) is 11.4.